The number of nitrogens with one attached hydrogen (secondary N) is 1. The summed E-state index contributed by atoms with van der Waals surface area (Å²) in [4.78, 5) is 4.28. The normalized spacial score (nSPS) is 23.2. The van der Waals surface area contributed by atoms with Gasteiger partial charge >= 0.3 is 0 Å². The molecule has 2 unspecified atom stereocenters. The van der Waals surface area contributed by atoms with Crippen LogP contribution in [-0.2, 0) is 17.7 Å². The number of hydrogen-bond donors (Lipinski definition) is 1. The van der Waals surface area contributed by atoms with E-state index < -0.39 is 5.67 Å². The van der Waals surface area contributed by atoms with Crippen molar-refractivity contribution in [3.8, 4) is 0 Å². The van der Waals surface area contributed by atoms with E-state index in [9.17, 15) is 4.39 Å². The van der Waals surface area contributed by atoms with Gasteiger partial charge in [0.05, 0.1) is 13.2 Å². The second-order valence-corrected chi connectivity index (χ2v) is 5.56. The summed E-state index contributed by atoms with van der Waals surface area (Å²) in [6, 6.07) is 0.110. The van der Waals surface area contributed by atoms with Gasteiger partial charge in [-0.15, -0.1) is 0 Å². The van der Waals surface area contributed by atoms with E-state index in [2.05, 4.69) is 17.2 Å². The number of morpholine rings is 1. The number of hydrogen-bond acceptors (Lipinski definition) is 3. The number of aryl methyl sites for hydroxylation is 1. The van der Waals surface area contributed by atoms with E-state index in [-0.39, 0.29) is 6.04 Å². The van der Waals surface area contributed by atoms with E-state index in [1.165, 1.54) is 0 Å². The van der Waals surface area contributed by atoms with Crippen molar-refractivity contribution in [2.24, 2.45) is 0 Å². The zero-order valence-corrected chi connectivity index (χ0v) is 11.9. The fourth-order valence-corrected chi connectivity index (χ4v) is 2.62. The van der Waals surface area contributed by atoms with Crippen molar-refractivity contribution >= 4 is 0 Å². The summed E-state index contributed by atoms with van der Waals surface area (Å²) in [5, 5.41) is 3.30. The lowest BCUT2D eigenvalue weighted by Crippen LogP contribution is -2.45. The van der Waals surface area contributed by atoms with Crippen LogP contribution in [0.15, 0.2) is 12.4 Å². The van der Waals surface area contributed by atoms with Crippen LogP contribution in [0.1, 0.15) is 32.5 Å². The van der Waals surface area contributed by atoms with Crippen LogP contribution in [0.4, 0.5) is 4.39 Å². The maximum absolute atomic E-state index is 14.7. The third-order valence-corrected chi connectivity index (χ3v) is 3.46. The van der Waals surface area contributed by atoms with E-state index in [1.54, 1.807) is 13.1 Å². The molecule has 1 N–H and O–H groups in total. The molecule has 2 rings (SSSR count). The lowest BCUT2D eigenvalue weighted by molar-refractivity contribution is 0.0476. The minimum absolute atomic E-state index is 0.110. The van der Waals surface area contributed by atoms with Gasteiger partial charge in [-0.2, -0.15) is 0 Å². The van der Waals surface area contributed by atoms with Gasteiger partial charge in [0, 0.05) is 37.9 Å². The van der Waals surface area contributed by atoms with Crippen LogP contribution < -0.4 is 5.32 Å². The van der Waals surface area contributed by atoms with Crippen LogP contribution in [-0.4, -0.2) is 41.0 Å². The zero-order chi connectivity index (χ0) is 13.7. The molecule has 1 aliphatic heterocycles. The number of halogens is 1. The summed E-state index contributed by atoms with van der Waals surface area (Å²) in [5.74, 6) is 0.837. The van der Waals surface area contributed by atoms with Gasteiger partial charge in [-0.1, -0.05) is 6.92 Å². The number of aromatic nitrogens is 2. The Morgan fingerprint density at radius 3 is 3.16 bits per heavy atom. The minimum Gasteiger partial charge on any atom is -0.379 e. The van der Waals surface area contributed by atoms with Gasteiger partial charge in [-0.05, 0) is 19.8 Å². The molecule has 1 saturated heterocycles. The second-order valence-electron chi connectivity index (χ2n) is 5.56. The molecule has 108 valence electrons. The van der Waals surface area contributed by atoms with E-state index in [4.69, 9.17) is 4.74 Å². The number of imidazole rings is 1. The first-order valence-electron chi connectivity index (χ1n) is 7.11. The monoisotopic (exact) mass is 269 g/mol. The summed E-state index contributed by atoms with van der Waals surface area (Å²) in [7, 11) is 0. The quantitative estimate of drug-likeness (QED) is 0.858. The molecule has 4 nitrogen and oxygen atoms in total. The third-order valence-electron chi connectivity index (χ3n) is 3.46. The Morgan fingerprint density at radius 1 is 1.63 bits per heavy atom. The lowest BCUT2D eigenvalue weighted by Gasteiger charge is -2.29. The molecule has 0 amide bonds. The average Bonchev–Trinajstić information content (AvgIpc) is 2.77. The van der Waals surface area contributed by atoms with Crippen molar-refractivity contribution in [2.75, 3.05) is 19.8 Å². The van der Waals surface area contributed by atoms with Crippen molar-refractivity contribution in [3.63, 3.8) is 0 Å². The van der Waals surface area contributed by atoms with E-state index >= 15 is 0 Å². The summed E-state index contributed by atoms with van der Waals surface area (Å²) in [5.41, 5.74) is -1.25. The standard InChI is InChI=1S/C14H24FN3O/c1-3-6-18-7-4-17-13(18)10-14(2,15)9-12-11-19-8-5-16-12/h4,7,12,16H,3,5-6,8-11H2,1-2H3. The third kappa shape index (κ3) is 4.28. The molecule has 1 aliphatic rings. The molecule has 1 aromatic rings. The Balaban J connectivity index is 1.93. The first kappa shape index (κ1) is 14.5. The molecule has 0 aromatic carbocycles. The molecule has 1 fully saturated rings. The highest BCUT2D eigenvalue weighted by Crippen LogP contribution is 2.23. The van der Waals surface area contributed by atoms with Gasteiger partial charge < -0.3 is 14.6 Å². The van der Waals surface area contributed by atoms with Gasteiger partial charge in [0.15, 0.2) is 0 Å². The van der Waals surface area contributed by atoms with Crippen LogP contribution in [0.3, 0.4) is 0 Å². The number of rotatable bonds is 6. The number of alkyl halides is 1. The van der Waals surface area contributed by atoms with E-state index in [0.29, 0.717) is 19.4 Å². The summed E-state index contributed by atoms with van der Waals surface area (Å²) in [6.07, 6.45) is 5.54. The predicted octanol–water partition coefficient (Wildman–Crippen LogP) is 1.94. The Morgan fingerprint density at radius 2 is 2.47 bits per heavy atom. The molecule has 0 radical (unpaired) electrons. The van der Waals surface area contributed by atoms with Crippen LogP contribution in [0.5, 0.6) is 0 Å². The summed E-state index contributed by atoms with van der Waals surface area (Å²) < 4.78 is 22.1. The van der Waals surface area contributed by atoms with Gasteiger partial charge in [-0.3, -0.25) is 0 Å². The number of ether oxygens (including phenoxy) is 1. The fraction of sp³-hybridized carbons (Fsp3) is 0.786. The van der Waals surface area contributed by atoms with Gasteiger partial charge in [0.1, 0.15) is 11.5 Å². The van der Waals surface area contributed by atoms with Gasteiger partial charge in [0.2, 0.25) is 0 Å². The van der Waals surface area contributed by atoms with Crippen molar-refractivity contribution in [2.45, 2.75) is 51.4 Å². The fourth-order valence-electron chi connectivity index (χ4n) is 2.62. The highest BCUT2D eigenvalue weighted by Gasteiger charge is 2.30. The average molecular weight is 269 g/mol. The van der Waals surface area contributed by atoms with Crippen LogP contribution in [0, 0.1) is 0 Å². The molecule has 0 bridgehead atoms. The van der Waals surface area contributed by atoms with Crippen LogP contribution in [0.25, 0.3) is 0 Å². The van der Waals surface area contributed by atoms with Crippen molar-refractivity contribution in [1.29, 1.82) is 0 Å². The maximum atomic E-state index is 14.7. The Hall–Kier alpha value is -0.940. The molecule has 19 heavy (non-hydrogen) atoms. The molecule has 2 atom stereocenters. The molecule has 1 aromatic heterocycles. The molecule has 2 heterocycles. The SMILES string of the molecule is CCCn1ccnc1CC(C)(F)CC1COCCN1. The van der Waals surface area contributed by atoms with E-state index in [0.717, 1.165) is 31.9 Å². The maximum Gasteiger partial charge on any atom is 0.116 e. The largest absolute Gasteiger partial charge is 0.379 e. The number of nitrogens with zero attached hydrogens (tertiary/aromatic N) is 2. The zero-order valence-electron chi connectivity index (χ0n) is 11.9. The van der Waals surface area contributed by atoms with Gasteiger partial charge in [0.25, 0.3) is 0 Å². The molecule has 0 aliphatic carbocycles. The first-order chi connectivity index (χ1) is 9.11. The Labute approximate surface area is 114 Å². The second kappa shape index (κ2) is 6.48. The minimum atomic E-state index is -1.25. The highest BCUT2D eigenvalue weighted by molar-refractivity contribution is 4.99. The molecule has 0 spiro atoms. The molecular formula is C14H24FN3O. The van der Waals surface area contributed by atoms with Gasteiger partial charge in [-0.25, -0.2) is 9.37 Å². The predicted molar refractivity (Wildman–Crippen MR) is 73.0 cm³/mol. The van der Waals surface area contributed by atoms with Crippen molar-refractivity contribution in [1.82, 2.24) is 14.9 Å². The topological polar surface area (TPSA) is 39.1 Å². The molecular weight excluding hydrogens is 245 g/mol. The van der Waals surface area contributed by atoms with Crippen LogP contribution in [0.2, 0.25) is 0 Å². The summed E-state index contributed by atoms with van der Waals surface area (Å²) >= 11 is 0. The summed E-state index contributed by atoms with van der Waals surface area (Å²) in [6.45, 7) is 6.81. The van der Waals surface area contributed by atoms with Crippen LogP contribution >= 0.6 is 0 Å². The van der Waals surface area contributed by atoms with Crippen molar-refractivity contribution < 1.29 is 9.13 Å². The Kier molecular flexibility index (Phi) is 4.93. The first-order valence-corrected chi connectivity index (χ1v) is 7.11. The van der Waals surface area contributed by atoms with E-state index in [1.807, 2.05) is 10.8 Å². The lowest BCUT2D eigenvalue weighted by atomic mass is 9.94. The Bertz CT molecular complexity index is 386. The smallest absolute Gasteiger partial charge is 0.116 e. The molecule has 5 heteroatoms. The highest BCUT2D eigenvalue weighted by atomic mass is 19.1. The van der Waals surface area contributed by atoms with Crippen molar-refractivity contribution in [3.05, 3.63) is 18.2 Å². The molecule has 0 saturated carbocycles.